The molecule has 5 nitrogen and oxygen atoms in total. The molecule has 1 aromatic rings. The van der Waals surface area contributed by atoms with Crippen LogP contribution in [0, 0.1) is 12.3 Å². The molecule has 5 heteroatoms. The Balaban J connectivity index is 1.83. The smallest absolute Gasteiger partial charge is 0.319 e. The summed E-state index contributed by atoms with van der Waals surface area (Å²) in [5.41, 5.74) is 0.651. The number of benzene rings is 1. The van der Waals surface area contributed by atoms with Crippen LogP contribution in [0.25, 0.3) is 0 Å². The number of hydrogen-bond donors (Lipinski definition) is 3. The second-order valence-corrected chi connectivity index (χ2v) is 5.12. The van der Waals surface area contributed by atoms with Crippen LogP contribution in [-0.4, -0.2) is 29.9 Å². The summed E-state index contributed by atoms with van der Waals surface area (Å²) in [5, 5.41) is 15.1. The van der Waals surface area contributed by atoms with Crippen LogP contribution < -0.4 is 15.4 Å². The summed E-state index contributed by atoms with van der Waals surface area (Å²) in [7, 11) is 0. The van der Waals surface area contributed by atoms with Gasteiger partial charge in [-0.2, -0.15) is 0 Å². The van der Waals surface area contributed by atoms with Crippen LogP contribution in [0.2, 0.25) is 0 Å². The fraction of sp³-hybridized carbons (Fsp3) is 0.438. The minimum Gasteiger partial charge on any atom is -0.481 e. The average Bonchev–Trinajstić information content (AvgIpc) is 2.48. The number of aliphatic hydroxyl groups is 1. The van der Waals surface area contributed by atoms with Gasteiger partial charge < -0.3 is 20.5 Å². The molecule has 0 bridgehead atoms. The van der Waals surface area contributed by atoms with Crippen molar-refractivity contribution in [1.82, 2.24) is 5.32 Å². The number of nitrogens with one attached hydrogen (secondary N) is 2. The van der Waals surface area contributed by atoms with Gasteiger partial charge in [-0.25, -0.2) is 4.79 Å². The monoisotopic (exact) mass is 288 g/mol. The third-order valence-corrected chi connectivity index (χ3v) is 3.45. The highest BCUT2D eigenvalue weighted by molar-refractivity contribution is 5.89. The van der Waals surface area contributed by atoms with Crippen LogP contribution in [-0.2, 0) is 0 Å². The maximum Gasteiger partial charge on any atom is 0.319 e. The molecule has 2 rings (SSSR count). The molecular formula is C16H20N2O3. The second-order valence-electron chi connectivity index (χ2n) is 5.12. The Hall–Kier alpha value is -2.19. The van der Waals surface area contributed by atoms with E-state index in [9.17, 15) is 9.90 Å². The summed E-state index contributed by atoms with van der Waals surface area (Å²) in [5.74, 6) is 3.01. The molecular weight excluding hydrogens is 268 g/mol. The van der Waals surface area contributed by atoms with Crippen molar-refractivity contribution in [3.05, 3.63) is 24.3 Å². The van der Waals surface area contributed by atoms with Crippen LogP contribution in [0.1, 0.15) is 25.7 Å². The zero-order valence-corrected chi connectivity index (χ0v) is 11.8. The van der Waals surface area contributed by atoms with Gasteiger partial charge in [-0.05, 0) is 37.8 Å². The Morgan fingerprint density at radius 3 is 2.86 bits per heavy atom. The van der Waals surface area contributed by atoms with E-state index < -0.39 is 0 Å². The SMILES string of the molecule is C#CCOc1cccc(NC(=O)NC2CCC(O)CC2)c1. The number of urea groups is 1. The normalized spacial score (nSPS) is 21.1. The van der Waals surface area contributed by atoms with Crippen LogP contribution in [0.5, 0.6) is 5.75 Å². The first-order chi connectivity index (χ1) is 10.2. The third kappa shape index (κ3) is 5.01. The van der Waals surface area contributed by atoms with Crippen molar-refractivity contribution in [2.24, 2.45) is 0 Å². The number of amides is 2. The summed E-state index contributed by atoms with van der Waals surface area (Å²) in [4.78, 5) is 11.9. The number of anilines is 1. The molecule has 21 heavy (non-hydrogen) atoms. The lowest BCUT2D eigenvalue weighted by molar-refractivity contribution is 0.118. The van der Waals surface area contributed by atoms with Gasteiger partial charge >= 0.3 is 6.03 Å². The Kier molecular flexibility index (Phi) is 5.47. The first-order valence-electron chi connectivity index (χ1n) is 7.09. The minimum absolute atomic E-state index is 0.120. The number of carbonyl (C=O) groups is 1. The third-order valence-electron chi connectivity index (χ3n) is 3.45. The summed E-state index contributed by atoms with van der Waals surface area (Å²) < 4.78 is 5.30. The maximum atomic E-state index is 11.9. The molecule has 0 aliphatic heterocycles. The fourth-order valence-corrected chi connectivity index (χ4v) is 2.36. The van der Waals surface area contributed by atoms with Gasteiger partial charge in [0.25, 0.3) is 0 Å². The van der Waals surface area contributed by atoms with E-state index in [1.807, 2.05) is 0 Å². The second kappa shape index (κ2) is 7.55. The van der Waals surface area contributed by atoms with Gasteiger partial charge in [0.1, 0.15) is 12.4 Å². The standard InChI is InChI=1S/C16H20N2O3/c1-2-10-21-15-5-3-4-13(11-15)18-16(20)17-12-6-8-14(19)9-7-12/h1,3-5,11-12,14,19H,6-10H2,(H2,17,18,20). The number of terminal acetylenes is 1. The van der Waals surface area contributed by atoms with Gasteiger partial charge in [-0.1, -0.05) is 12.0 Å². The average molecular weight is 288 g/mol. The molecule has 0 atom stereocenters. The lowest BCUT2D eigenvalue weighted by Crippen LogP contribution is -2.40. The van der Waals surface area contributed by atoms with E-state index in [4.69, 9.17) is 11.2 Å². The van der Waals surface area contributed by atoms with Gasteiger partial charge in [0.15, 0.2) is 0 Å². The lowest BCUT2D eigenvalue weighted by Gasteiger charge is -2.26. The molecule has 0 radical (unpaired) electrons. The molecule has 1 aliphatic carbocycles. The van der Waals surface area contributed by atoms with E-state index in [2.05, 4.69) is 16.6 Å². The van der Waals surface area contributed by atoms with Crippen molar-refractivity contribution in [2.45, 2.75) is 37.8 Å². The van der Waals surface area contributed by atoms with Gasteiger partial charge in [-0.3, -0.25) is 0 Å². The van der Waals surface area contributed by atoms with Crippen LogP contribution in [0.4, 0.5) is 10.5 Å². The van der Waals surface area contributed by atoms with Gasteiger partial charge in [0, 0.05) is 17.8 Å². The topological polar surface area (TPSA) is 70.6 Å². The van der Waals surface area contributed by atoms with E-state index in [1.165, 1.54) is 0 Å². The molecule has 0 unspecified atom stereocenters. The number of carbonyl (C=O) groups excluding carboxylic acids is 1. The first kappa shape index (κ1) is 15.2. The highest BCUT2D eigenvalue weighted by Crippen LogP contribution is 2.19. The number of rotatable bonds is 4. The van der Waals surface area contributed by atoms with Gasteiger partial charge in [0.2, 0.25) is 0 Å². The number of hydrogen-bond acceptors (Lipinski definition) is 3. The van der Waals surface area contributed by atoms with Crippen molar-refractivity contribution in [3.8, 4) is 18.1 Å². The molecule has 1 saturated carbocycles. The largest absolute Gasteiger partial charge is 0.481 e. The Labute approximate surface area is 124 Å². The van der Waals surface area contributed by atoms with Gasteiger partial charge in [-0.15, -0.1) is 6.42 Å². The van der Waals surface area contributed by atoms with Crippen molar-refractivity contribution < 1.29 is 14.6 Å². The quantitative estimate of drug-likeness (QED) is 0.743. The molecule has 3 N–H and O–H groups in total. The van der Waals surface area contributed by atoms with Crippen molar-refractivity contribution in [2.75, 3.05) is 11.9 Å². The minimum atomic E-state index is -0.245. The van der Waals surface area contributed by atoms with Crippen molar-refractivity contribution in [3.63, 3.8) is 0 Å². The predicted octanol–water partition coefficient (Wildman–Crippen LogP) is 2.12. The van der Waals surface area contributed by atoms with Crippen molar-refractivity contribution in [1.29, 1.82) is 0 Å². The number of aliphatic hydroxyl groups excluding tert-OH is 1. The summed E-state index contributed by atoms with van der Waals surface area (Å²) in [6, 6.07) is 6.95. The van der Waals surface area contributed by atoms with Crippen molar-refractivity contribution >= 4 is 11.7 Å². The van der Waals surface area contributed by atoms with E-state index in [0.29, 0.717) is 11.4 Å². The molecule has 0 aromatic heterocycles. The predicted molar refractivity (Wildman–Crippen MR) is 81.2 cm³/mol. The molecule has 0 saturated heterocycles. The highest BCUT2D eigenvalue weighted by Gasteiger charge is 2.20. The first-order valence-corrected chi connectivity index (χ1v) is 7.09. The van der Waals surface area contributed by atoms with E-state index in [1.54, 1.807) is 24.3 Å². The molecule has 2 amide bonds. The Bertz CT molecular complexity index is 516. The van der Waals surface area contributed by atoms with E-state index in [0.717, 1.165) is 25.7 Å². The molecule has 0 heterocycles. The zero-order valence-electron chi connectivity index (χ0n) is 11.8. The Morgan fingerprint density at radius 2 is 2.14 bits per heavy atom. The summed E-state index contributed by atoms with van der Waals surface area (Å²) in [6.07, 6.45) is 7.99. The van der Waals surface area contributed by atoms with Crippen LogP contribution in [0.15, 0.2) is 24.3 Å². The van der Waals surface area contributed by atoms with E-state index in [-0.39, 0.29) is 24.8 Å². The highest BCUT2D eigenvalue weighted by atomic mass is 16.5. The lowest BCUT2D eigenvalue weighted by atomic mass is 9.93. The zero-order chi connectivity index (χ0) is 15.1. The van der Waals surface area contributed by atoms with Crippen LogP contribution in [0.3, 0.4) is 0 Å². The van der Waals surface area contributed by atoms with Crippen LogP contribution >= 0.6 is 0 Å². The molecule has 112 valence electrons. The molecule has 1 fully saturated rings. The number of ether oxygens (including phenoxy) is 1. The molecule has 1 aromatic carbocycles. The molecule has 0 spiro atoms. The fourth-order valence-electron chi connectivity index (χ4n) is 2.36. The Morgan fingerprint density at radius 1 is 1.38 bits per heavy atom. The summed E-state index contributed by atoms with van der Waals surface area (Å²) >= 11 is 0. The maximum absolute atomic E-state index is 11.9. The molecule has 1 aliphatic rings. The van der Waals surface area contributed by atoms with Gasteiger partial charge in [0.05, 0.1) is 6.10 Å². The van der Waals surface area contributed by atoms with E-state index >= 15 is 0 Å². The summed E-state index contributed by atoms with van der Waals surface area (Å²) in [6.45, 7) is 0.194.